The van der Waals surface area contributed by atoms with Crippen LogP contribution in [-0.4, -0.2) is 41.7 Å². The summed E-state index contributed by atoms with van der Waals surface area (Å²) in [6.07, 6.45) is 1.60. The van der Waals surface area contributed by atoms with Gasteiger partial charge in [-0.05, 0) is 6.42 Å². The highest BCUT2D eigenvalue weighted by Gasteiger charge is 2.16. The van der Waals surface area contributed by atoms with E-state index in [9.17, 15) is 14.4 Å². The number of nitrogens with zero attached hydrogens (tertiary/aromatic N) is 1. The first-order valence-electron chi connectivity index (χ1n) is 4.94. The van der Waals surface area contributed by atoms with Crippen LogP contribution in [0.1, 0.15) is 19.8 Å². The number of alkyl halides is 1. The van der Waals surface area contributed by atoms with Gasteiger partial charge < -0.3 is 10.6 Å². The van der Waals surface area contributed by atoms with Crippen LogP contribution in [-0.2, 0) is 9.59 Å². The van der Waals surface area contributed by atoms with Crippen molar-refractivity contribution < 1.29 is 14.4 Å². The van der Waals surface area contributed by atoms with Gasteiger partial charge in [0.15, 0.2) is 0 Å². The number of primary amides is 1. The molecule has 16 heavy (non-hydrogen) atoms. The van der Waals surface area contributed by atoms with Gasteiger partial charge in [0.05, 0.1) is 0 Å². The van der Waals surface area contributed by atoms with Gasteiger partial charge in [0, 0.05) is 6.54 Å². The first-order valence-corrected chi connectivity index (χ1v) is 5.47. The predicted molar refractivity (Wildman–Crippen MR) is 59.9 cm³/mol. The number of unbranched alkanes of at least 4 members (excludes halogenated alkanes) is 1. The Labute approximate surface area is 99.1 Å². The lowest BCUT2D eigenvalue weighted by atomic mass is 10.3. The molecule has 0 heterocycles. The number of halogens is 1. The Bertz CT molecular complexity index is 271. The normalized spacial score (nSPS) is 9.62. The number of urea groups is 1. The Balaban J connectivity index is 4.30. The molecule has 4 amide bonds. The van der Waals surface area contributed by atoms with E-state index in [0.717, 1.165) is 12.8 Å². The van der Waals surface area contributed by atoms with Crippen molar-refractivity contribution in [2.24, 2.45) is 5.73 Å². The van der Waals surface area contributed by atoms with Crippen molar-refractivity contribution in [3.05, 3.63) is 0 Å². The standard InChI is InChI=1S/C9H16ClN3O3/c1-2-3-4-13(6-7(11)14)9(16)12-8(15)5-10/h2-6H2,1H3,(H2,11,14)(H,12,15,16). The van der Waals surface area contributed by atoms with Gasteiger partial charge in [0.2, 0.25) is 11.8 Å². The average Bonchev–Trinajstić information content (AvgIpc) is 2.23. The van der Waals surface area contributed by atoms with Crippen molar-refractivity contribution in [2.45, 2.75) is 19.8 Å². The molecule has 6 nitrogen and oxygen atoms in total. The third-order valence-electron chi connectivity index (χ3n) is 1.78. The second kappa shape index (κ2) is 7.92. The highest BCUT2D eigenvalue weighted by molar-refractivity contribution is 6.28. The molecule has 3 N–H and O–H groups in total. The van der Waals surface area contributed by atoms with Crippen LogP contribution in [0.15, 0.2) is 0 Å². The van der Waals surface area contributed by atoms with Crippen LogP contribution in [0.4, 0.5) is 4.79 Å². The maximum Gasteiger partial charge on any atom is 0.324 e. The molecule has 0 aliphatic heterocycles. The van der Waals surface area contributed by atoms with Crippen molar-refractivity contribution in [3.8, 4) is 0 Å². The van der Waals surface area contributed by atoms with E-state index >= 15 is 0 Å². The Morgan fingerprint density at radius 3 is 2.44 bits per heavy atom. The van der Waals surface area contributed by atoms with Gasteiger partial charge in [-0.1, -0.05) is 13.3 Å². The molecular formula is C9H16ClN3O3. The molecule has 0 atom stereocenters. The molecule has 0 saturated heterocycles. The molecule has 0 aromatic rings. The van der Waals surface area contributed by atoms with Gasteiger partial charge in [-0.2, -0.15) is 0 Å². The average molecular weight is 250 g/mol. The number of imide groups is 1. The topological polar surface area (TPSA) is 92.5 Å². The molecule has 0 aromatic carbocycles. The molecular weight excluding hydrogens is 234 g/mol. The van der Waals surface area contributed by atoms with E-state index < -0.39 is 17.8 Å². The number of amides is 4. The first-order chi connectivity index (χ1) is 7.51. The molecule has 0 aromatic heterocycles. The third kappa shape index (κ3) is 6.23. The molecule has 0 bridgehead atoms. The summed E-state index contributed by atoms with van der Waals surface area (Å²) in [7, 11) is 0. The zero-order valence-corrected chi connectivity index (χ0v) is 9.92. The van der Waals surface area contributed by atoms with E-state index in [0.29, 0.717) is 6.54 Å². The maximum absolute atomic E-state index is 11.5. The van der Waals surface area contributed by atoms with Crippen LogP contribution in [0.3, 0.4) is 0 Å². The summed E-state index contributed by atoms with van der Waals surface area (Å²) in [6, 6.07) is -0.641. The summed E-state index contributed by atoms with van der Waals surface area (Å²) in [5, 5.41) is 2.05. The largest absolute Gasteiger partial charge is 0.368 e. The number of rotatable bonds is 6. The number of nitrogens with two attached hydrogens (primary N) is 1. The van der Waals surface area contributed by atoms with Crippen molar-refractivity contribution >= 4 is 29.4 Å². The summed E-state index contributed by atoms with van der Waals surface area (Å²) < 4.78 is 0. The van der Waals surface area contributed by atoms with Crippen LogP contribution < -0.4 is 11.1 Å². The molecule has 0 spiro atoms. The minimum Gasteiger partial charge on any atom is -0.368 e. The van der Waals surface area contributed by atoms with Crippen molar-refractivity contribution in [2.75, 3.05) is 19.0 Å². The molecule has 92 valence electrons. The van der Waals surface area contributed by atoms with Gasteiger partial charge in [-0.25, -0.2) is 4.79 Å². The van der Waals surface area contributed by atoms with Crippen molar-refractivity contribution in [3.63, 3.8) is 0 Å². The van der Waals surface area contributed by atoms with Crippen LogP contribution in [0.25, 0.3) is 0 Å². The Morgan fingerprint density at radius 2 is 2.00 bits per heavy atom. The summed E-state index contributed by atoms with van der Waals surface area (Å²) in [4.78, 5) is 34.3. The number of carbonyl (C=O) groups is 3. The number of carbonyl (C=O) groups excluding carboxylic acids is 3. The zero-order chi connectivity index (χ0) is 12.6. The van der Waals surface area contributed by atoms with Crippen molar-refractivity contribution in [1.29, 1.82) is 0 Å². The lowest BCUT2D eigenvalue weighted by Crippen LogP contribution is -2.47. The van der Waals surface area contributed by atoms with Crippen LogP contribution >= 0.6 is 11.6 Å². The second-order valence-electron chi connectivity index (χ2n) is 3.23. The number of hydrogen-bond acceptors (Lipinski definition) is 3. The highest BCUT2D eigenvalue weighted by atomic mass is 35.5. The maximum atomic E-state index is 11.5. The highest BCUT2D eigenvalue weighted by Crippen LogP contribution is 1.95. The summed E-state index contributed by atoms with van der Waals surface area (Å²) in [6.45, 7) is 2.12. The molecule has 0 saturated carbocycles. The SMILES string of the molecule is CCCCN(CC(N)=O)C(=O)NC(=O)CCl. The summed E-state index contributed by atoms with van der Waals surface area (Å²) >= 11 is 5.24. The first kappa shape index (κ1) is 14.7. The van der Waals surface area contributed by atoms with E-state index in [1.54, 1.807) is 0 Å². The smallest absolute Gasteiger partial charge is 0.324 e. The monoisotopic (exact) mass is 249 g/mol. The summed E-state index contributed by atoms with van der Waals surface area (Å²) in [5.74, 6) is -1.52. The van der Waals surface area contributed by atoms with Crippen molar-refractivity contribution in [1.82, 2.24) is 10.2 Å². The van der Waals surface area contributed by atoms with E-state index in [-0.39, 0.29) is 12.4 Å². The number of nitrogens with one attached hydrogen (secondary N) is 1. The molecule has 0 rings (SSSR count). The van der Waals surface area contributed by atoms with Gasteiger partial charge in [0.1, 0.15) is 12.4 Å². The fourth-order valence-electron chi connectivity index (χ4n) is 1.02. The van der Waals surface area contributed by atoms with E-state index in [1.165, 1.54) is 4.90 Å². The minimum absolute atomic E-state index is 0.207. The Kier molecular flexibility index (Phi) is 7.28. The van der Waals surface area contributed by atoms with Gasteiger partial charge >= 0.3 is 6.03 Å². The predicted octanol–water partition coefficient (Wildman–Crippen LogP) is 0.0488. The fraction of sp³-hybridized carbons (Fsp3) is 0.667. The van der Waals surface area contributed by atoms with Crippen LogP contribution in [0.5, 0.6) is 0 Å². The molecule has 0 aliphatic rings. The fourth-order valence-corrected chi connectivity index (χ4v) is 1.09. The molecule has 0 unspecified atom stereocenters. The zero-order valence-electron chi connectivity index (χ0n) is 9.16. The minimum atomic E-state index is -0.641. The second-order valence-corrected chi connectivity index (χ2v) is 3.50. The lowest BCUT2D eigenvalue weighted by Gasteiger charge is -2.20. The molecule has 0 aliphatic carbocycles. The molecule has 7 heteroatoms. The number of hydrogen-bond donors (Lipinski definition) is 2. The lowest BCUT2D eigenvalue weighted by molar-refractivity contribution is -0.120. The Morgan fingerprint density at radius 1 is 1.38 bits per heavy atom. The van der Waals surface area contributed by atoms with Gasteiger partial charge in [-0.3, -0.25) is 14.9 Å². The Hall–Kier alpha value is -1.30. The van der Waals surface area contributed by atoms with Gasteiger partial charge in [0.25, 0.3) is 0 Å². The van der Waals surface area contributed by atoms with Crippen LogP contribution in [0.2, 0.25) is 0 Å². The van der Waals surface area contributed by atoms with Crippen LogP contribution in [0, 0.1) is 0 Å². The third-order valence-corrected chi connectivity index (χ3v) is 2.03. The van der Waals surface area contributed by atoms with E-state index in [2.05, 4.69) is 5.32 Å². The molecule has 0 fully saturated rings. The van der Waals surface area contributed by atoms with Gasteiger partial charge in [-0.15, -0.1) is 11.6 Å². The molecule has 0 radical (unpaired) electrons. The van der Waals surface area contributed by atoms with E-state index in [1.807, 2.05) is 6.92 Å². The quantitative estimate of drug-likeness (QED) is 0.652. The summed E-state index contributed by atoms with van der Waals surface area (Å²) in [5.41, 5.74) is 4.99. The van der Waals surface area contributed by atoms with E-state index in [4.69, 9.17) is 17.3 Å².